The zero-order chi connectivity index (χ0) is 14.0. The number of amides is 1. The first-order valence-electron chi connectivity index (χ1n) is 5.83. The number of carbonyl (C=O) groups is 1. The fourth-order valence-corrected chi connectivity index (χ4v) is 3.92. The Morgan fingerprint density at radius 2 is 2.21 bits per heavy atom. The van der Waals surface area contributed by atoms with E-state index in [0.717, 1.165) is 10.0 Å². The van der Waals surface area contributed by atoms with Crippen molar-refractivity contribution in [3.05, 3.63) is 39.7 Å². The van der Waals surface area contributed by atoms with Crippen LogP contribution in [0.15, 0.2) is 34.2 Å². The zero-order valence-electron chi connectivity index (χ0n) is 10.4. The second-order valence-electron chi connectivity index (χ2n) is 4.65. The predicted octanol–water partition coefficient (Wildman–Crippen LogP) is 2.64. The number of allylic oxidation sites excluding steroid dienone is 1. The number of carbonyl (C=O) groups excluding carboxylic acids is 1. The summed E-state index contributed by atoms with van der Waals surface area (Å²) in [7, 11) is -3.10. The fourth-order valence-electron chi connectivity index (χ4n) is 1.93. The van der Waals surface area contributed by atoms with Crippen molar-refractivity contribution >= 4 is 37.4 Å². The summed E-state index contributed by atoms with van der Waals surface area (Å²) in [6.07, 6.45) is 1.76. The molecule has 102 valence electrons. The van der Waals surface area contributed by atoms with Crippen molar-refractivity contribution in [2.24, 2.45) is 5.92 Å². The molecule has 0 aliphatic carbocycles. The van der Waals surface area contributed by atoms with Gasteiger partial charge in [0.05, 0.1) is 11.4 Å². The highest BCUT2D eigenvalue weighted by Crippen LogP contribution is 2.24. The van der Waals surface area contributed by atoms with Gasteiger partial charge in [-0.3, -0.25) is 4.79 Å². The summed E-state index contributed by atoms with van der Waals surface area (Å²) >= 11 is 3.38. The van der Waals surface area contributed by atoms with Crippen LogP contribution in [0.3, 0.4) is 0 Å². The molecule has 1 aromatic rings. The Bertz CT molecular complexity index is 637. The summed E-state index contributed by atoms with van der Waals surface area (Å²) in [5.41, 5.74) is 1.79. The van der Waals surface area contributed by atoms with Crippen LogP contribution < -0.4 is 5.32 Å². The van der Waals surface area contributed by atoms with Crippen LogP contribution in [-0.2, 0) is 14.6 Å². The van der Waals surface area contributed by atoms with Crippen molar-refractivity contribution < 1.29 is 13.2 Å². The van der Waals surface area contributed by atoms with Gasteiger partial charge in [0.1, 0.15) is 0 Å². The molecule has 0 spiro atoms. The summed E-state index contributed by atoms with van der Waals surface area (Å²) in [5.74, 6) is -0.388. The van der Waals surface area contributed by atoms with Crippen LogP contribution in [0, 0.1) is 12.8 Å². The molecule has 1 aromatic carbocycles. The van der Waals surface area contributed by atoms with E-state index in [1.807, 2.05) is 25.1 Å². The summed E-state index contributed by atoms with van der Waals surface area (Å²) < 4.78 is 23.3. The van der Waals surface area contributed by atoms with Gasteiger partial charge in [-0.1, -0.05) is 12.1 Å². The molecule has 0 bridgehead atoms. The van der Waals surface area contributed by atoms with E-state index in [2.05, 4.69) is 21.2 Å². The summed E-state index contributed by atoms with van der Waals surface area (Å²) in [4.78, 5) is 11.9. The summed E-state index contributed by atoms with van der Waals surface area (Å²) in [6, 6.07) is 5.63. The van der Waals surface area contributed by atoms with Gasteiger partial charge in [0, 0.05) is 22.2 Å². The van der Waals surface area contributed by atoms with Crippen molar-refractivity contribution in [2.45, 2.75) is 13.3 Å². The standard InChI is InChI=1S/C13H14BrNO3S/c1-9-2-3-12(11(14)6-9)15-13(16)7-10-4-5-19(17,18)8-10/h2-6,10H,7-8H2,1H3,(H,15,16). The number of nitrogens with one attached hydrogen (secondary N) is 1. The van der Waals surface area contributed by atoms with Crippen LogP contribution in [0.4, 0.5) is 5.69 Å². The summed E-state index contributed by atoms with van der Waals surface area (Å²) in [6.45, 7) is 1.96. The topological polar surface area (TPSA) is 63.2 Å². The van der Waals surface area contributed by atoms with Crippen molar-refractivity contribution in [3.63, 3.8) is 0 Å². The van der Waals surface area contributed by atoms with Crippen LogP contribution in [0.5, 0.6) is 0 Å². The molecular weight excluding hydrogens is 330 g/mol. The Morgan fingerprint density at radius 3 is 2.79 bits per heavy atom. The number of hydrogen-bond acceptors (Lipinski definition) is 3. The summed E-state index contributed by atoms with van der Waals surface area (Å²) in [5, 5.41) is 3.96. The van der Waals surface area contributed by atoms with E-state index in [0.29, 0.717) is 5.69 Å². The maximum absolute atomic E-state index is 11.9. The third kappa shape index (κ3) is 3.91. The van der Waals surface area contributed by atoms with E-state index < -0.39 is 9.84 Å². The van der Waals surface area contributed by atoms with E-state index in [1.54, 1.807) is 6.08 Å². The Hall–Kier alpha value is -1.14. The first kappa shape index (κ1) is 14.3. The smallest absolute Gasteiger partial charge is 0.225 e. The van der Waals surface area contributed by atoms with Crippen molar-refractivity contribution in [1.29, 1.82) is 0 Å². The number of benzene rings is 1. The maximum atomic E-state index is 11.9. The molecule has 0 fully saturated rings. The molecule has 0 radical (unpaired) electrons. The average molecular weight is 344 g/mol. The molecule has 1 atom stereocenters. The van der Waals surface area contributed by atoms with E-state index in [4.69, 9.17) is 0 Å². The van der Waals surface area contributed by atoms with E-state index in [9.17, 15) is 13.2 Å². The van der Waals surface area contributed by atoms with E-state index >= 15 is 0 Å². The first-order chi connectivity index (χ1) is 8.85. The molecule has 19 heavy (non-hydrogen) atoms. The molecule has 1 aliphatic heterocycles. The minimum Gasteiger partial charge on any atom is -0.325 e. The number of rotatable bonds is 3. The van der Waals surface area contributed by atoms with Crippen LogP contribution in [0.25, 0.3) is 0 Å². The van der Waals surface area contributed by atoms with Gasteiger partial charge in [0.2, 0.25) is 5.91 Å². The largest absolute Gasteiger partial charge is 0.325 e. The third-order valence-corrected chi connectivity index (χ3v) is 4.97. The molecule has 0 saturated carbocycles. The van der Waals surface area contributed by atoms with Crippen LogP contribution in [0.2, 0.25) is 0 Å². The number of sulfone groups is 1. The first-order valence-corrected chi connectivity index (χ1v) is 8.33. The number of halogens is 1. The molecule has 0 aromatic heterocycles. The van der Waals surface area contributed by atoms with Crippen LogP contribution in [0.1, 0.15) is 12.0 Å². The highest BCUT2D eigenvalue weighted by molar-refractivity contribution is 9.10. The van der Waals surface area contributed by atoms with Crippen LogP contribution in [-0.4, -0.2) is 20.1 Å². The molecular formula is C13H14BrNO3S. The second kappa shape index (κ2) is 5.46. The molecule has 1 amide bonds. The predicted molar refractivity (Wildman–Crippen MR) is 78.5 cm³/mol. The molecule has 2 rings (SSSR count). The average Bonchev–Trinajstić information content (AvgIpc) is 2.62. The minimum absolute atomic E-state index is 0.0233. The van der Waals surface area contributed by atoms with Gasteiger partial charge < -0.3 is 5.32 Å². The molecule has 1 heterocycles. The number of anilines is 1. The molecule has 1 aliphatic rings. The van der Waals surface area contributed by atoms with Crippen molar-refractivity contribution in [2.75, 3.05) is 11.1 Å². The molecule has 1 N–H and O–H groups in total. The quantitative estimate of drug-likeness (QED) is 0.917. The lowest BCUT2D eigenvalue weighted by Gasteiger charge is -2.10. The van der Waals surface area contributed by atoms with E-state index in [-0.39, 0.29) is 24.0 Å². The Balaban J connectivity index is 1.97. The lowest BCUT2D eigenvalue weighted by molar-refractivity contribution is -0.116. The second-order valence-corrected chi connectivity index (χ2v) is 7.44. The normalized spacial score (nSPS) is 20.4. The molecule has 6 heteroatoms. The third-order valence-electron chi connectivity index (χ3n) is 2.85. The highest BCUT2D eigenvalue weighted by Gasteiger charge is 2.23. The van der Waals surface area contributed by atoms with Gasteiger partial charge in [-0.15, -0.1) is 0 Å². The van der Waals surface area contributed by atoms with Gasteiger partial charge in [-0.25, -0.2) is 8.42 Å². The molecule has 0 saturated heterocycles. The number of hydrogen-bond donors (Lipinski definition) is 1. The monoisotopic (exact) mass is 343 g/mol. The molecule has 1 unspecified atom stereocenters. The maximum Gasteiger partial charge on any atom is 0.225 e. The SMILES string of the molecule is Cc1ccc(NC(=O)CC2C=CS(=O)(=O)C2)c(Br)c1. The zero-order valence-corrected chi connectivity index (χ0v) is 12.8. The highest BCUT2D eigenvalue weighted by atomic mass is 79.9. The van der Waals surface area contributed by atoms with Gasteiger partial charge >= 0.3 is 0 Å². The van der Waals surface area contributed by atoms with Crippen molar-refractivity contribution in [3.8, 4) is 0 Å². The fraction of sp³-hybridized carbons (Fsp3) is 0.308. The van der Waals surface area contributed by atoms with Crippen LogP contribution >= 0.6 is 15.9 Å². The minimum atomic E-state index is -3.10. The Morgan fingerprint density at radius 1 is 1.47 bits per heavy atom. The van der Waals surface area contributed by atoms with Gasteiger partial charge in [0.15, 0.2) is 9.84 Å². The van der Waals surface area contributed by atoms with Crippen molar-refractivity contribution in [1.82, 2.24) is 0 Å². The van der Waals surface area contributed by atoms with Gasteiger partial charge in [-0.2, -0.15) is 0 Å². The van der Waals surface area contributed by atoms with E-state index in [1.165, 1.54) is 5.41 Å². The molecule has 4 nitrogen and oxygen atoms in total. The van der Waals surface area contributed by atoms with Gasteiger partial charge in [0.25, 0.3) is 0 Å². The Labute approximate surface area is 120 Å². The number of aryl methyl sites for hydroxylation is 1. The van der Waals surface area contributed by atoms with Gasteiger partial charge in [-0.05, 0) is 40.5 Å². The lowest BCUT2D eigenvalue weighted by atomic mass is 10.1. The lowest BCUT2D eigenvalue weighted by Crippen LogP contribution is -2.17. The Kier molecular flexibility index (Phi) is 4.10.